The van der Waals surface area contributed by atoms with E-state index in [2.05, 4.69) is 5.32 Å². The Hall–Kier alpha value is -1.59. The van der Waals surface area contributed by atoms with Gasteiger partial charge in [0.1, 0.15) is 0 Å². The van der Waals surface area contributed by atoms with E-state index in [4.69, 9.17) is 23.2 Å². The summed E-state index contributed by atoms with van der Waals surface area (Å²) in [6.07, 6.45) is 3.61. The van der Waals surface area contributed by atoms with Gasteiger partial charge in [0.05, 0.1) is 21.9 Å². The minimum absolute atomic E-state index is 0.0666. The van der Waals surface area contributed by atoms with Crippen molar-refractivity contribution in [1.82, 2.24) is 4.90 Å². The molecule has 1 saturated carbocycles. The van der Waals surface area contributed by atoms with Crippen LogP contribution < -0.4 is 5.32 Å². The van der Waals surface area contributed by atoms with Crippen molar-refractivity contribution in [2.75, 3.05) is 11.9 Å². The van der Waals surface area contributed by atoms with Gasteiger partial charge < -0.3 is 5.32 Å². The van der Waals surface area contributed by atoms with Gasteiger partial charge in [0, 0.05) is 18.7 Å². The number of imide groups is 1. The lowest BCUT2D eigenvalue weighted by Crippen LogP contribution is -2.34. The number of likely N-dealkylation sites (tertiary alicyclic amines) is 1. The fourth-order valence-corrected chi connectivity index (χ4v) is 3.76. The quantitative estimate of drug-likeness (QED) is 0.827. The summed E-state index contributed by atoms with van der Waals surface area (Å²) in [6.45, 7) is 0.123. The number of carbonyl (C=O) groups excluding carboxylic acids is 3. The lowest BCUT2D eigenvalue weighted by Gasteiger charge is -2.19. The van der Waals surface area contributed by atoms with E-state index >= 15 is 0 Å². The summed E-state index contributed by atoms with van der Waals surface area (Å²) < 4.78 is 0. The van der Waals surface area contributed by atoms with E-state index in [1.807, 2.05) is 0 Å². The molecule has 1 saturated heterocycles. The van der Waals surface area contributed by atoms with Crippen molar-refractivity contribution >= 4 is 46.6 Å². The third kappa shape index (κ3) is 3.42. The number of nitrogens with zero attached hydrogens (tertiary/aromatic N) is 1. The molecule has 2 unspecified atom stereocenters. The van der Waals surface area contributed by atoms with Crippen molar-refractivity contribution in [2.24, 2.45) is 11.8 Å². The zero-order chi connectivity index (χ0) is 17.3. The smallest absolute Gasteiger partial charge is 0.233 e. The van der Waals surface area contributed by atoms with Crippen molar-refractivity contribution in [3.05, 3.63) is 28.2 Å². The van der Waals surface area contributed by atoms with Crippen LogP contribution in [0.2, 0.25) is 10.0 Å². The van der Waals surface area contributed by atoms with Crippen LogP contribution in [-0.4, -0.2) is 29.2 Å². The first-order chi connectivity index (χ1) is 11.5. The van der Waals surface area contributed by atoms with Crippen LogP contribution in [0.3, 0.4) is 0 Å². The van der Waals surface area contributed by atoms with Crippen LogP contribution in [-0.2, 0) is 14.4 Å². The summed E-state index contributed by atoms with van der Waals surface area (Å²) in [4.78, 5) is 38.0. The number of benzene rings is 1. The van der Waals surface area contributed by atoms with Gasteiger partial charge in [0.2, 0.25) is 17.7 Å². The van der Waals surface area contributed by atoms with Gasteiger partial charge in [-0.3, -0.25) is 19.3 Å². The molecule has 5 nitrogen and oxygen atoms in total. The highest BCUT2D eigenvalue weighted by Gasteiger charge is 2.47. The van der Waals surface area contributed by atoms with Crippen molar-refractivity contribution < 1.29 is 14.4 Å². The molecule has 7 heteroatoms. The number of hydrogen-bond acceptors (Lipinski definition) is 3. The summed E-state index contributed by atoms with van der Waals surface area (Å²) >= 11 is 11.7. The second kappa shape index (κ2) is 7.11. The molecule has 128 valence electrons. The number of anilines is 1. The third-order valence-corrected chi connectivity index (χ3v) is 5.44. The van der Waals surface area contributed by atoms with E-state index in [1.54, 1.807) is 18.2 Å². The summed E-state index contributed by atoms with van der Waals surface area (Å²) in [5, 5.41) is 3.45. The highest BCUT2D eigenvalue weighted by atomic mass is 35.5. The molecule has 0 bridgehead atoms. The molecule has 2 fully saturated rings. The molecular weight excluding hydrogens is 351 g/mol. The zero-order valence-corrected chi connectivity index (χ0v) is 14.6. The number of hydrogen-bond donors (Lipinski definition) is 1. The Morgan fingerprint density at radius 3 is 2.29 bits per heavy atom. The molecule has 1 aromatic rings. The lowest BCUT2D eigenvalue weighted by molar-refractivity contribution is -0.140. The Bertz CT molecular complexity index is 668. The summed E-state index contributed by atoms with van der Waals surface area (Å²) in [6, 6.07) is 4.80. The summed E-state index contributed by atoms with van der Waals surface area (Å²) in [5.74, 6) is -0.864. The van der Waals surface area contributed by atoms with E-state index < -0.39 is 0 Å². The third-order valence-electron chi connectivity index (χ3n) is 4.70. The molecule has 3 amide bonds. The number of rotatable bonds is 4. The topological polar surface area (TPSA) is 66.5 Å². The normalized spacial score (nSPS) is 23.3. The zero-order valence-electron chi connectivity index (χ0n) is 13.1. The number of fused-ring (bicyclic) bond motifs is 1. The van der Waals surface area contributed by atoms with E-state index in [-0.39, 0.29) is 42.5 Å². The molecule has 1 N–H and O–H groups in total. The lowest BCUT2D eigenvalue weighted by atomic mass is 9.81. The van der Waals surface area contributed by atoms with E-state index in [0.717, 1.165) is 25.7 Å². The van der Waals surface area contributed by atoms with Gasteiger partial charge in [0.25, 0.3) is 0 Å². The minimum atomic E-state index is -0.274. The average Bonchev–Trinajstić information content (AvgIpc) is 2.81. The van der Waals surface area contributed by atoms with Gasteiger partial charge in [0.15, 0.2) is 0 Å². The van der Waals surface area contributed by atoms with Crippen molar-refractivity contribution in [1.29, 1.82) is 0 Å². The first kappa shape index (κ1) is 17.2. The molecule has 0 aromatic heterocycles. The Morgan fingerprint density at radius 2 is 1.71 bits per heavy atom. The van der Waals surface area contributed by atoms with E-state index in [9.17, 15) is 14.4 Å². The monoisotopic (exact) mass is 368 g/mol. The molecule has 0 radical (unpaired) electrons. The summed E-state index contributed by atoms with van der Waals surface area (Å²) in [7, 11) is 0. The Morgan fingerprint density at radius 1 is 1.08 bits per heavy atom. The molecule has 0 spiro atoms. The molecule has 3 rings (SSSR count). The van der Waals surface area contributed by atoms with Gasteiger partial charge in [-0.25, -0.2) is 0 Å². The van der Waals surface area contributed by atoms with Gasteiger partial charge in [-0.2, -0.15) is 0 Å². The highest BCUT2D eigenvalue weighted by molar-refractivity contribution is 6.42. The van der Waals surface area contributed by atoms with Gasteiger partial charge in [-0.15, -0.1) is 0 Å². The maximum absolute atomic E-state index is 12.3. The molecule has 1 aromatic carbocycles. The average molecular weight is 369 g/mol. The van der Waals surface area contributed by atoms with Crippen LogP contribution in [0.5, 0.6) is 0 Å². The molecule has 2 atom stereocenters. The van der Waals surface area contributed by atoms with Crippen molar-refractivity contribution in [3.8, 4) is 0 Å². The molecule has 1 aliphatic heterocycles. The predicted molar refractivity (Wildman–Crippen MR) is 91.9 cm³/mol. The second-order valence-electron chi connectivity index (χ2n) is 6.25. The Labute approximate surface area is 150 Å². The van der Waals surface area contributed by atoms with Crippen LogP contribution in [0, 0.1) is 11.8 Å². The Kier molecular flexibility index (Phi) is 5.11. The number of carbonyl (C=O) groups is 3. The van der Waals surface area contributed by atoms with Gasteiger partial charge in [-0.05, 0) is 31.0 Å². The first-order valence-electron chi connectivity index (χ1n) is 8.07. The van der Waals surface area contributed by atoms with Crippen LogP contribution in [0.15, 0.2) is 18.2 Å². The van der Waals surface area contributed by atoms with Crippen LogP contribution >= 0.6 is 23.2 Å². The molecule has 1 heterocycles. The fraction of sp³-hybridized carbons (Fsp3) is 0.471. The largest absolute Gasteiger partial charge is 0.326 e. The van der Waals surface area contributed by atoms with Gasteiger partial charge in [-0.1, -0.05) is 36.0 Å². The molecule has 24 heavy (non-hydrogen) atoms. The number of amides is 3. The molecule has 2 aliphatic rings. The first-order valence-corrected chi connectivity index (χ1v) is 8.83. The maximum atomic E-state index is 12.3. The highest BCUT2D eigenvalue weighted by Crippen LogP contribution is 2.38. The van der Waals surface area contributed by atoms with Crippen LogP contribution in [0.1, 0.15) is 32.1 Å². The van der Waals surface area contributed by atoms with E-state index in [0.29, 0.717) is 15.7 Å². The van der Waals surface area contributed by atoms with E-state index in [1.165, 1.54) is 4.90 Å². The predicted octanol–water partition coefficient (Wildman–Crippen LogP) is 3.50. The molecular formula is C17H18Cl2N2O3. The standard InChI is InChI=1S/C17H18Cl2N2O3/c18-13-6-5-10(9-14(13)19)20-15(22)7-8-21-16(23)11-3-1-2-4-12(11)17(21)24/h5-6,9,11-12H,1-4,7-8H2,(H,20,22). The SMILES string of the molecule is O=C(CCN1C(=O)C2CCCCC2C1=O)Nc1ccc(Cl)c(Cl)c1. The van der Waals surface area contributed by atoms with Crippen molar-refractivity contribution in [3.63, 3.8) is 0 Å². The Balaban J connectivity index is 1.57. The minimum Gasteiger partial charge on any atom is -0.326 e. The van der Waals surface area contributed by atoms with Crippen LogP contribution in [0.25, 0.3) is 0 Å². The summed E-state index contributed by atoms with van der Waals surface area (Å²) in [5.41, 5.74) is 0.530. The number of nitrogens with one attached hydrogen (secondary N) is 1. The fourth-order valence-electron chi connectivity index (χ4n) is 3.46. The van der Waals surface area contributed by atoms with Crippen LogP contribution in [0.4, 0.5) is 5.69 Å². The number of halogens is 2. The second-order valence-corrected chi connectivity index (χ2v) is 7.07. The van der Waals surface area contributed by atoms with Crippen molar-refractivity contribution in [2.45, 2.75) is 32.1 Å². The van der Waals surface area contributed by atoms with Gasteiger partial charge >= 0.3 is 0 Å². The maximum Gasteiger partial charge on any atom is 0.233 e. The molecule has 1 aliphatic carbocycles.